The Morgan fingerprint density at radius 1 is 1.13 bits per heavy atom. The van der Waals surface area contributed by atoms with Crippen LogP contribution in [-0.4, -0.2) is 24.3 Å². The second-order valence-electron chi connectivity index (χ2n) is 4.21. The van der Waals surface area contributed by atoms with Gasteiger partial charge in [-0.05, 0) is 25.0 Å². The third-order valence-electron chi connectivity index (χ3n) is 3.13. The van der Waals surface area contributed by atoms with Gasteiger partial charge in [-0.3, -0.25) is 4.90 Å². The largest absolute Gasteiger partial charge is 0.455 e. The second kappa shape index (κ2) is 3.74. The lowest BCUT2D eigenvalue weighted by atomic mass is 10.1. The van der Waals surface area contributed by atoms with E-state index in [4.69, 9.17) is 4.74 Å². The van der Waals surface area contributed by atoms with Crippen LogP contribution in [0.2, 0.25) is 0 Å². The Balaban J connectivity index is 1.72. The molecule has 15 heavy (non-hydrogen) atoms. The molecular formula is C12H16N2O. The highest BCUT2D eigenvalue weighted by Crippen LogP contribution is 2.32. The Kier molecular flexibility index (Phi) is 2.25. The number of anilines is 1. The number of likely N-dealkylation sites (tertiary alicyclic amines) is 1. The highest BCUT2D eigenvalue weighted by atomic mass is 16.5. The summed E-state index contributed by atoms with van der Waals surface area (Å²) < 4.78 is 5.86. The quantitative estimate of drug-likeness (QED) is 0.759. The first-order valence-corrected chi connectivity index (χ1v) is 5.70. The van der Waals surface area contributed by atoms with E-state index in [1.165, 1.54) is 19.3 Å². The van der Waals surface area contributed by atoms with E-state index in [9.17, 15) is 0 Å². The molecule has 1 saturated heterocycles. The van der Waals surface area contributed by atoms with Gasteiger partial charge >= 0.3 is 0 Å². The van der Waals surface area contributed by atoms with Crippen molar-refractivity contribution in [2.75, 3.05) is 18.4 Å². The smallest absolute Gasteiger partial charge is 0.230 e. The normalized spacial score (nSPS) is 25.5. The average Bonchev–Trinajstić information content (AvgIpc) is 2.74. The molecule has 3 nitrogen and oxygen atoms in total. The minimum Gasteiger partial charge on any atom is -0.455 e. The van der Waals surface area contributed by atoms with Gasteiger partial charge in [0.15, 0.2) is 0 Å². The summed E-state index contributed by atoms with van der Waals surface area (Å²) in [6.45, 7) is 2.29. The van der Waals surface area contributed by atoms with Gasteiger partial charge in [-0.25, -0.2) is 0 Å². The second-order valence-corrected chi connectivity index (χ2v) is 4.21. The first kappa shape index (κ1) is 9.04. The standard InChI is InChI=1S/C12H16N2O/c1-4-8-14(9-5-1)12-13-10-6-2-3-7-11(10)15-12/h2-3,6-7,12-13H,1,4-5,8-9H2. The van der Waals surface area contributed by atoms with Gasteiger partial charge < -0.3 is 10.1 Å². The van der Waals surface area contributed by atoms with E-state index in [0.717, 1.165) is 24.5 Å². The molecular weight excluding hydrogens is 188 g/mol. The maximum absolute atomic E-state index is 5.86. The summed E-state index contributed by atoms with van der Waals surface area (Å²) in [6, 6.07) is 8.14. The lowest BCUT2D eigenvalue weighted by Gasteiger charge is -2.31. The first-order chi connectivity index (χ1) is 7.43. The summed E-state index contributed by atoms with van der Waals surface area (Å²) in [4.78, 5) is 2.38. The van der Waals surface area contributed by atoms with Crippen LogP contribution < -0.4 is 10.1 Å². The maximum atomic E-state index is 5.86. The number of para-hydroxylation sites is 2. The van der Waals surface area contributed by atoms with Gasteiger partial charge in [0.05, 0.1) is 5.69 Å². The SMILES string of the molecule is c1ccc2c(c1)NC(N1CCCCC1)O2. The number of hydrogen-bond donors (Lipinski definition) is 1. The van der Waals surface area contributed by atoms with E-state index in [0.29, 0.717) is 0 Å². The monoisotopic (exact) mass is 204 g/mol. The molecule has 1 aromatic rings. The van der Waals surface area contributed by atoms with Crippen molar-refractivity contribution in [1.82, 2.24) is 4.90 Å². The zero-order valence-corrected chi connectivity index (χ0v) is 8.78. The van der Waals surface area contributed by atoms with Crippen molar-refractivity contribution in [3.63, 3.8) is 0 Å². The Labute approximate surface area is 90.0 Å². The van der Waals surface area contributed by atoms with Crippen molar-refractivity contribution >= 4 is 5.69 Å². The van der Waals surface area contributed by atoms with Crippen LogP contribution >= 0.6 is 0 Å². The fourth-order valence-electron chi connectivity index (χ4n) is 2.29. The molecule has 2 aliphatic rings. The Bertz CT molecular complexity index is 322. The maximum Gasteiger partial charge on any atom is 0.230 e. The summed E-state index contributed by atoms with van der Waals surface area (Å²) in [5.41, 5.74) is 1.12. The van der Waals surface area contributed by atoms with Crippen LogP contribution in [0, 0.1) is 0 Å². The molecule has 80 valence electrons. The summed E-state index contributed by atoms with van der Waals surface area (Å²) in [7, 11) is 0. The van der Waals surface area contributed by atoms with Gasteiger partial charge in [0.1, 0.15) is 5.75 Å². The zero-order valence-electron chi connectivity index (χ0n) is 8.78. The van der Waals surface area contributed by atoms with Crippen LogP contribution in [0.3, 0.4) is 0 Å². The van der Waals surface area contributed by atoms with E-state index < -0.39 is 0 Å². The summed E-state index contributed by atoms with van der Waals surface area (Å²) in [5.74, 6) is 0.980. The van der Waals surface area contributed by atoms with E-state index in [1.807, 2.05) is 18.2 Å². The number of hydrogen-bond acceptors (Lipinski definition) is 3. The highest BCUT2D eigenvalue weighted by Gasteiger charge is 2.27. The number of nitrogens with zero attached hydrogens (tertiary/aromatic N) is 1. The topological polar surface area (TPSA) is 24.5 Å². The molecule has 3 rings (SSSR count). The molecule has 0 aliphatic carbocycles. The van der Waals surface area contributed by atoms with Crippen molar-refractivity contribution < 1.29 is 4.74 Å². The van der Waals surface area contributed by atoms with Crippen LogP contribution in [0.15, 0.2) is 24.3 Å². The Morgan fingerprint density at radius 2 is 1.93 bits per heavy atom. The molecule has 2 aliphatic heterocycles. The van der Waals surface area contributed by atoms with E-state index in [-0.39, 0.29) is 6.35 Å². The van der Waals surface area contributed by atoms with Crippen molar-refractivity contribution in [2.24, 2.45) is 0 Å². The van der Waals surface area contributed by atoms with Gasteiger partial charge in [-0.15, -0.1) is 0 Å². The molecule has 0 spiro atoms. The highest BCUT2D eigenvalue weighted by molar-refractivity contribution is 5.59. The minimum atomic E-state index is 0.0581. The van der Waals surface area contributed by atoms with Gasteiger partial charge in [0.25, 0.3) is 0 Å². The van der Waals surface area contributed by atoms with E-state index in [1.54, 1.807) is 0 Å². The van der Waals surface area contributed by atoms with Crippen molar-refractivity contribution in [3.05, 3.63) is 24.3 Å². The Morgan fingerprint density at radius 3 is 2.73 bits per heavy atom. The minimum absolute atomic E-state index is 0.0581. The third-order valence-corrected chi connectivity index (χ3v) is 3.13. The van der Waals surface area contributed by atoms with Crippen LogP contribution in [0.1, 0.15) is 19.3 Å². The molecule has 1 N–H and O–H groups in total. The fourth-order valence-corrected chi connectivity index (χ4v) is 2.29. The van der Waals surface area contributed by atoms with Crippen molar-refractivity contribution in [3.8, 4) is 5.75 Å². The van der Waals surface area contributed by atoms with E-state index >= 15 is 0 Å². The summed E-state index contributed by atoms with van der Waals surface area (Å²) >= 11 is 0. The number of fused-ring (bicyclic) bond motifs is 1. The molecule has 0 saturated carbocycles. The Hall–Kier alpha value is -1.22. The molecule has 2 heterocycles. The third kappa shape index (κ3) is 1.67. The molecule has 1 unspecified atom stereocenters. The number of ether oxygens (including phenoxy) is 1. The first-order valence-electron chi connectivity index (χ1n) is 5.70. The van der Waals surface area contributed by atoms with Gasteiger partial charge in [-0.1, -0.05) is 18.6 Å². The number of rotatable bonds is 1. The van der Waals surface area contributed by atoms with Gasteiger partial charge in [-0.2, -0.15) is 0 Å². The lowest BCUT2D eigenvalue weighted by Crippen LogP contribution is -2.45. The molecule has 1 atom stereocenters. The molecule has 0 amide bonds. The number of nitrogens with one attached hydrogen (secondary N) is 1. The van der Waals surface area contributed by atoms with Crippen LogP contribution in [0.4, 0.5) is 5.69 Å². The molecule has 0 bridgehead atoms. The summed E-state index contributed by atoms with van der Waals surface area (Å²) in [6.07, 6.45) is 3.99. The summed E-state index contributed by atoms with van der Waals surface area (Å²) in [5, 5.41) is 3.41. The van der Waals surface area contributed by atoms with Gasteiger partial charge in [0, 0.05) is 13.1 Å². The van der Waals surface area contributed by atoms with Gasteiger partial charge in [0.2, 0.25) is 6.35 Å². The van der Waals surface area contributed by atoms with Crippen LogP contribution in [0.25, 0.3) is 0 Å². The molecule has 0 radical (unpaired) electrons. The molecule has 0 aromatic heterocycles. The van der Waals surface area contributed by atoms with E-state index in [2.05, 4.69) is 16.3 Å². The molecule has 1 fully saturated rings. The van der Waals surface area contributed by atoms with Crippen LogP contribution in [0.5, 0.6) is 5.75 Å². The lowest BCUT2D eigenvalue weighted by molar-refractivity contribution is 0.0447. The zero-order chi connectivity index (χ0) is 10.1. The fraction of sp³-hybridized carbons (Fsp3) is 0.500. The predicted molar refractivity (Wildman–Crippen MR) is 59.9 cm³/mol. The van der Waals surface area contributed by atoms with Crippen LogP contribution in [-0.2, 0) is 0 Å². The average molecular weight is 204 g/mol. The number of piperidine rings is 1. The number of benzene rings is 1. The molecule has 3 heteroatoms. The van der Waals surface area contributed by atoms with Crippen molar-refractivity contribution in [2.45, 2.75) is 25.6 Å². The predicted octanol–water partition coefficient (Wildman–Crippen LogP) is 2.26. The molecule has 1 aromatic carbocycles. The van der Waals surface area contributed by atoms with Crippen molar-refractivity contribution in [1.29, 1.82) is 0 Å².